The summed E-state index contributed by atoms with van der Waals surface area (Å²) >= 11 is 0. The van der Waals surface area contributed by atoms with Crippen molar-refractivity contribution in [2.75, 3.05) is 5.32 Å². The number of carbonyl (C=O) groups is 2. The Morgan fingerprint density at radius 1 is 1.10 bits per heavy atom. The maximum Gasteiger partial charge on any atom is 0.338 e. The van der Waals surface area contributed by atoms with Gasteiger partial charge in [0.2, 0.25) is 0 Å². The maximum atomic E-state index is 12.3. The number of anilines is 1. The molecule has 1 atom stereocenters. The lowest BCUT2D eigenvalue weighted by molar-refractivity contribution is -0.123. The smallest absolute Gasteiger partial charge is 0.338 e. The lowest BCUT2D eigenvalue weighted by atomic mass is 10.2. The van der Waals surface area contributed by atoms with Crippen LogP contribution in [0, 0.1) is 20.8 Å². The molecule has 0 unspecified atom stereocenters. The van der Waals surface area contributed by atoms with E-state index in [0.717, 1.165) is 16.8 Å². The fraction of sp³-hybridized carbons (Fsp3) is 0.261. The van der Waals surface area contributed by atoms with Crippen LogP contribution >= 0.6 is 0 Å². The van der Waals surface area contributed by atoms with Gasteiger partial charge in [0.05, 0.1) is 16.8 Å². The van der Waals surface area contributed by atoms with Crippen molar-refractivity contribution in [3.05, 3.63) is 76.7 Å². The van der Waals surface area contributed by atoms with E-state index in [1.54, 1.807) is 30.3 Å². The van der Waals surface area contributed by atoms with Crippen LogP contribution in [0.4, 0.5) is 5.69 Å². The lowest BCUT2D eigenvalue weighted by Crippen LogP contribution is -2.30. The third-order valence-electron chi connectivity index (χ3n) is 4.59. The van der Waals surface area contributed by atoms with Crippen LogP contribution in [0.2, 0.25) is 0 Å². The van der Waals surface area contributed by atoms with E-state index in [1.165, 1.54) is 6.92 Å². The lowest BCUT2D eigenvalue weighted by Gasteiger charge is -2.14. The van der Waals surface area contributed by atoms with Crippen molar-refractivity contribution in [1.29, 1.82) is 0 Å². The highest BCUT2D eigenvalue weighted by atomic mass is 16.5. The Morgan fingerprint density at radius 3 is 2.47 bits per heavy atom. The summed E-state index contributed by atoms with van der Waals surface area (Å²) in [6.07, 6.45) is -0.937. The molecule has 0 fully saturated rings. The SMILES string of the molecule is Cc1cccc(NC(=O)[C@@H](C)OC(=O)c2ccc(OCc3c(C)noc3C)cc2)c1. The summed E-state index contributed by atoms with van der Waals surface area (Å²) in [5.74, 6) is 0.329. The van der Waals surface area contributed by atoms with E-state index in [4.69, 9.17) is 14.0 Å². The van der Waals surface area contributed by atoms with Gasteiger partial charge >= 0.3 is 5.97 Å². The molecule has 156 valence electrons. The highest BCUT2D eigenvalue weighted by Crippen LogP contribution is 2.19. The van der Waals surface area contributed by atoms with E-state index >= 15 is 0 Å². The van der Waals surface area contributed by atoms with Gasteiger partial charge in [0.25, 0.3) is 5.91 Å². The fourth-order valence-electron chi connectivity index (χ4n) is 2.80. The zero-order chi connectivity index (χ0) is 21.7. The molecule has 1 heterocycles. The number of hydrogen-bond acceptors (Lipinski definition) is 6. The molecule has 0 bridgehead atoms. The quantitative estimate of drug-likeness (QED) is 0.584. The Kier molecular flexibility index (Phi) is 6.51. The predicted molar refractivity (Wildman–Crippen MR) is 111 cm³/mol. The van der Waals surface area contributed by atoms with Crippen LogP contribution in [0.25, 0.3) is 0 Å². The van der Waals surface area contributed by atoms with Crippen molar-refractivity contribution in [1.82, 2.24) is 5.16 Å². The minimum absolute atomic E-state index is 0.321. The third kappa shape index (κ3) is 5.26. The molecule has 0 spiro atoms. The third-order valence-corrected chi connectivity index (χ3v) is 4.59. The second kappa shape index (κ2) is 9.26. The van der Waals surface area contributed by atoms with Crippen molar-refractivity contribution >= 4 is 17.6 Å². The van der Waals surface area contributed by atoms with Crippen LogP contribution in [0.15, 0.2) is 53.1 Å². The fourth-order valence-corrected chi connectivity index (χ4v) is 2.80. The van der Waals surface area contributed by atoms with E-state index in [0.29, 0.717) is 29.4 Å². The molecule has 30 heavy (non-hydrogen) atoms. The number of ether oxygens (including phenoxy) is 2. The van der Waals surface area contributed by atoms with Crippen LogP contribution in [-0.2, 0) is 16.1 Å². The zero-order valence-electron chi connectivity index (χ0n) is 17.4. The van der Waals surface area contributed by atoms with Crippen molar-refractivity contribution in [3.63, 3.8) is 0 Å². The molecular weight excluding hydrogens is 384 g/mol. The zero-order valence-corrected chi connectivity index (χ0v) is 17.4. The average molecular weight is 408 g/mol. The number of rotatable bonds is 7. The molecule has 1 N–H and O–H groups in total. The average Bonchev–Trinajstić information content (AvgIpc) is 3.04. The number of nitrogens with one attached hydrogen (secondary N) is 1. The van der Waals surface area contributed by atoms with Gasteiger partial charge < -0.3 is 19.3 Å². The Hall–Kier alpha value is -3.61. The van der Waals surface area contributed by atoms with Crippen molar-refractivity contribution in [2.45, 2.75) is 40.4 Å². The van der Waals surface area contributed by atoms with Crippen LogP contribution in [-0.4, -0.2) is 23.1 Å². The predicted octanol–water partition coefficient (Wildman–Crippen LogP) is 4.36. The van der Waals surface area contributed by atoms with Gasteiger partial charge in [-0.1, -0.05) is 17.3 Å². The molecule has 3 rings (SSSR count). The molecular formula is C23H24N2O5. The second-order valence-corrected chi connectivity index (χ2v) is 7.02. The molecule has 0 saturated heterocycles. The summed E-state index contributed by atoms with van der Waals surface area (Å²) in [5.41, 5.74) is 3.68. The molecule has 0 aliphatic carbocycles. The first-order valence-electron chi connectivity index (χ1n) is 9.56. The normalized spacial score (nSPS) is 11.6. The summed E-state index contributed by atoms with van der Waals surface area (Å²) in [7, 11) is 0. The van der Waals surface area contributed by atoms with Crippen molar-refractivity contribution in [2.24, 2.45) is 0 Å². The van der Waals surface area contributed by atoms with Crippen LogP contribution in [0.5, 0.6) is 5.75 Å². The van der Waals surface area contributed by atoms with E-state index in [1.807, 2.05) is 39.0 Å². The number of amides is 1. The van der Waals surface area contributed by atoms with Gasteiger partial charge in [-0.15, -0.1) is 0 Å². The summed E-state index contributed by atoms with van der Waals surface area (Å²) < 4.78 is 16.1. The Morgan fingerprint density at radius 2 is 1.83 bits per heavy atom. The Bertz CT molecular complexity index is 1020. The molecule has 1 aromatic heterocycles. The van der Waals surface area contributed by atoms with Gasteiger partial charge in [0.15, 0.2) is 6.10 Å². The van der Waals surface area contributed by atoms with Crippen LogP contribution < -0.4 is 10.1 Å². The van der Waals surface area contributed by atoms with Gasteiger partial charge in [0, 0.05) is 5.69 Å². The highest BCUT2D eigenvalue weighted by Gasteiger charge is 2.19. The standard InChI is InChI=1S/C23H24N2O5/c1-14-6-5-7-19(12-14)24-22(26)17(4)29-23(27)18-8-10-20(11-9-18)28-13-21-15(2)25-30-16(21)3/h5-12,17H,13H2,1-4H3,(H,24,26)/t17-/m1/s1. The largest absolute Gasteiger partial charge is 0.489 e. The van der Waals surface area contributed by atoms with E-state index in [9.17, 15) is 9.59 Å². The molecule has 1 amide bonds. The van der Waals surface area contributed by atoms with E-state index < -0.39 is 18.0 Å². The number of aromatic nitrogens is 1. The first-order valence-corrected chi connectivity index (χ1v) is 9.56. The van der Waals surface area contributed by atoms with Gasteiger partial charge in [-0.2, -0.15) is 0 Å². The number of carbonyl (C=O) groups excluding carboxylic acids is 2. The highest BCUT2D eigenvalue weighted by molar-refractivity contribution is 5.97. The van der Waals surface area contributed by atoms with Gasteiger partial charge in [-0.3, -0.25) is 4.79 Å². The monoisotopic (exact) mass is 408 g/mol. The Balaban J connectivity index is 1.54. The number of hydrogen-bond donors (Lipinski definition) is 1. The first-order chi connectivity index (χ1) is 14.3. The summed E-state index contributed by atoms with van der Waals surface area (Å²) in [6.45, 7) is 7.46. The van der Waals surface area contributed by atoms with Crippen LogP contribution in [0.1, 0.15) is 39.9 Å². The van der Waals surface area contributed by atoms with Gasteiger partial charge in [0.1, 0.15) is 18.1 Å². The molecule has 2 aromatic carbocycles. The number of nitrogens with zero attached hydrogens (tertiary/aromatic N) is 1. The summed E-state index contributed by atoms with van der Waals surface area (Å²) in [4.78, 5) is 24.6. The van der Waals surface area contributed by atoms with Crippen molar-refractivity contribution in [3.8, 4) is 5.75 Å². The molecule has 0 aliphatic heterocycles. The topological polar surface area (TPSA) is 90.7 Å². The minimum atomic E-state index is -0.937. The van der Waals surface area contributed by atoms with Crippen LogP contribution in [0.3, 0.4) is 0 Å². The molecule has 0 saturated carbocycles. The molecule has 0 radical (unpaired) electrons. The summed E-state index contributed by atoms with van der Waals surface area (Å²) in [6, 6.07) is 13.9. The van der Waals surface area contributed by atoms with Crippen molar-refractivity contribution < 1.29 is 23.6 Å². The molecule has 7 nitrogen and oxygen atoms in total. The van der Waals surface area contributed by atoms with Gasteiger partial charge in [-0.05, 0) is 69.7 Å². The number of aryl methyl sites for hydroxylation is 3. The minimum Gasteiger partial charge on any atom is -0.489 e. The maximum absolute atomic E-state index is 12.3. The van der Waals surface area contributed by atoms with E-state index in [-0.39, 0.29) is 0 Å². The molecule has 3 aromatic rings. The number of esters is 1. The summed E-state index contributed by atoms with van der Waals surface area (Å²) in [5, 5.41) is 6.63. The number of benzene rings is 2. The molecule has 7 heteroatoms. The second-order valence-electron chi connectivity index (χ2n) is 7.02. The van der Waals surface area contributed by atoms with E-state index in [2.05, 4.69) is 10.5 Å². The first kappa shape index (κ1) is 21.1. The Labute approximate surface area is 175 Å². The molecule has 0 aliphatic rings. The van der Waals surface area contributed by atoms with Gasteiger partial charge in [-0.25, -0.2) is 4.79 Å².